The molecular formula is C18H17F2N5O2. The number of imide groups is 1. The Hall–Kier alpha value is -2.97. The first-order valence-corrected chi connectivity index (χ1v) is 8.78. The van der Waals surface area contributed by atoms with Gasteiger partial charge >= 0.3 is 6.03 Å². The first-order valence-electron chi connectivity index (χ1n) is 8.78. The molecule has 1 N–H and O–H groups in total. The van der Waals surface area contributed by atoms with Crippen LogP contribution in [0.4, 0.5) is 13.6 Å². The van der Waals surface area contributed by atoms with Crippen LogP contribution in [0.5, 0.6) is 0 Å². The number of rotatable bonds is 3. The Bertz CT molecular complexity index is 890. The lowest BCUT2D eigenvalue weighted by Gasteiger charge is -2.35. The van der Waals surface area contributed by atoms with Crippen LogP contribution in [0, 0.1) is 17.6 Å². The number of nitrogens with one attached hydrogen (secondary N) is 1. The second kappa shape index (κ2) is 6.98. The van der Waals surface area contributed by atoms with Crippen LogP contribution in [0.1, 0.15) is 31.2 Å². The van der Waals surface area contributed by atoms with E-state index >= 15 is 0 Å². The smallest absolute Gasteiger partial charge is 0.294 e. The largest absolute Gasteiger partial charge is 0.329 e. The zero-order chi connectivity index (χ0) is 19.0. The molecule has 4 rings (SSSR count). The fourth-order valence-electron chi connectivity index (χ4n) is 3.53. The maximum atomic E-state index is 13.7. The number of amidine groups is 1. The lowest BCUT2D eigenvalue weighted by Crippen LogP contribution is -2.61. The van der Waals surface area contributed by atoms with Gasteiger partial charge in [0.2, 0.25) is 11.9 Å². The fraction of sp³-hybridized carbons (Fsp3) is 0.389. The first-order chi connectivity index (χ1) is 13.0. The Morgan fingerprint density at radius 2 is 2.00 bits per heavy atom. The highest BCUT2D eigenvalue weighted by Gasteiger charge is 2.43. The minimum atomic E-state index is -0.756. The second-order valence-corrected chi connectivity index (χ2v) is 6.68. The van der Waals surface area contributed by atoms with Crippen molar-refractivity contribution in [3.63, 3.8) is 0 Å². The van der Waals surface area contributed by atoms with Gasteiger partial charge < -0.3 is 0 Å². The van der Waals surface area contributed by atoms with Crippen molar-refractivity contribution in [2.75, 3.05) is 0 Å². The molecule has 7 nitrogen and oxygen atoms in total. The number of benzene rings is 1. The average molecular weight is 373 g/mol. The summed E-state index contributed by atoms with van der Waals surface area (Å²) in [6, 6.07) is 2.52. The van der Waals surface area contributed by atoms with E-state index in [1.807, 2.05) is 0 Å². The van der Waals surface area contributed by atoms with Gasteiger partial charge in [-0.05, 0) is 31.0 Å². The monoisotopic (exact) mass is 373 g/mol. The third-order valence-electron chi connectivity index (χ3n) is 4.90. The number of urea groups is 1. The van der Waals surface area contributed by atoms with Crippen LogP contribution < -0.4 is 5.32 Å². The van der Waals surface area contributed by atoms with Crippen LogP contribution in [-0.4, -0.2) is 40.9 Å². The number of halogens is 2. The highest BCUT2D eigenvalue weighted by Crippen LogP contribution is 2.27. The molecule has 1 saturated carbocycles. The Kier molecular flexibility index (Phi) is 4.51. The Morgan fingerprint density at radius 3 is 2.78 bits per heavy atom. The van der Waals surface area contributed by atoms with Crippen molar-refractivity contribution in [2.24, 2.45) is 20.9 Å². The van der Waals surface area contributed by atoms with Gasteiger partial charge in [0.05, 0.1) is 6.54 Å². The van der Waals surface area contributed by atoms with E-state index in [1.165, 1.54) is 11.1 Å². The van der Waals surface area contributed by atoms with Crippen LogP contribution in [0.3, 0.4) is 0 Å². The van der Waals surface area contributed by atoms with E-state index in [2.05, 4.69) is 20.3 Å². The van der Waals surface area contributed by atoms with Crippen molar-refractivity contribution in [1.29, 1.82) is 0 Å². The van der Waals surface area contributed by atoms with Crippen molar-refractivity contribution >= 4 is 29.9 Å². The summed E-state index contributed by atoms with van der Waals surface area (Å²) in [7, 11) is 0. The van der Waals surface area contributed by atoms with Crippen molar-refractivity contribution in [1.82, 2.24) is 10.2 Å². The molecule has 0 bridgehead atoms. The SMILES string of the molecule is O=C1NC2=NC(=NCc3cc(F)ccc3F)N=CC2C(=O)N1C1CCCC1. The highest BCUT2D eigenvalue weighted by atomic mass is 19.1. The number of hydrogen-bond acceptors (Lipinski definition) is 3. The third-order valence-corrected chi connectivity index (χ3v) is 4.90. The molecule has 1 saturated heterocycles. The number of carbonyl (C=O) groups is 2. The molecule has 1 unspecified atom stereocenters. The molecule has 3 amide bonds. The third kappa shape index (κ3) is 3.36. The minimum Gasteiger partial charge on any atom is -0.294 e. The predicted octanol–water partition coefficient (Wildman–Crippen LogP) is 2.41. The number of hydrogen-bond donors (Lipinski definition) is 1. The molecule has 1 aromatic rings. The molecule has 1 aliphatic carbocycles. The van der Waals surface area contributed by atoms with Crippen molar-refractivity contribution in [3.8, 4) is 0 Å². The van der Waals surface area contributed by atoms with Crippen molar-refractivity contribution in [2.45, 2.75) is 38.3 Å². The van der Waals surface area contributed by atoms with Gasteiger partial charge in [-0.1, -0.05) is 12.8 Å². The normalized spacial score (nSPS) is 24.2. The van der Waals surface area contributed by atoms with Gasteiger partial charge in [-0.2, -0.15) is 4.99 Å². The fourth-order valence-corrected chi connectivity index (χ4v) is 3.53. The van der Waals surface area contributed by atoms with Crippen LogP contribution in [0.25, 0.3) is 0 Å². The number of amides is 3. The number of aliphatic imine (C=N–C) groups is 3. The number of guanidine groups is 1. The van der Waals surface area contributed by atoms with Gasteiger partial charge in [0.15, 0.2) is 0 Å². The predicted molar refractivity (Wildman–Crippen MR) is 94.5 cm³/mol. The molecule has 2 aliphatic heterocycles. The zero-order valence-electron chi connectivity index (χ0n) is 14.4. The summed E-state index contributed by atoms with van der Waals surface area (Å²) in [5.41, 5.74) is 0.0659. The maximum Gasteiger partial charge on any atom is 0.329 e. The molecule has 2 fully saturated rings. The van der Waals surface area contributed by atoms with Crippen LogP contribution in [-0.2, 0) is 11.3 Å². The molecule has 1 aromatic carbocycles. The summed E-state index contributed by atoms with van der Waals surface area (Å²) in [6.45, 7) is -0.159. The van der Waals surface area contributed by atoms with Gasteiger partial charge in [-0.3, -0.25) is 15.0 Å². The number of carbonyl (C=O) groups excluding carboxylic acids is 2. The minimum absolute atomic E-state index is 0.00710. The summed E-state index contributed by atoms with van der Waals surface area (Å²) in [4.78, 5) is 38.5. The van der Waals surface area contributed by atoms with Gasteiger partial charge in [0.25, 0.3) is 0 Å². The molecule has 9 heteroatoms. The molecule has 3 aliphatic rings. The van der Waals surface area contributed by atoms with Crippen LogP contribution in [0.15, 0.2) is 33.2 Å². The van der Waals surface area contributed by atoms with Gasteiger partial charge in [0, 0.05) is 17.8 Å². The lowest BCUT2D eigenvalue weighted by atomic mass is 10.0. The summed E-state index contributed by atoms with van der Waals surface area (Å²) in [5.74, 6) is -2.10. The van der Waals surface area contributed by atoms with Gasteiger partial charge in [0.1, 0.15) is 23.4 Å². The zero-order valence-corrected chi connectivity index (χ0v) is 14.4. The van der Waals surface area contributed by atoms with E-state index in [1.54, 1.807) is 0 Å². The van der Waals surface area contributed by atoms with Crippen LogP contribution >= 0.6 is 0 Å². The standard InChI is InChI=1S/C18H17F2N5O2/c19-11-5-6-14(20)10(7-11)8-21-17-22-9-13-15(23-17)24-18(27)25(16(13)26)12-3-1-2-4-12/h5-7,9,12-13H,1-4,8H2,(H,21,23,24,27). The number of fused-ring (bicyclic) bond motifs is 1. The molecule has 0 spiro atoms. The molecule has 0 radical (unpaired) electrons. The van der Waals surface area contributed by atoms with Crippen LogP contribution in [0.2, 0.25) is 0 Å². The van der Waals surface area contributed by atoms with Gasteiger partial charge in [-0.15, -0.1) is 0 Å². The second-order valence-electron chi connectivity index (χ2n) is 6.68. The maximum absolute atomic E-state index is 13.7. The molecule has 0 aromatic heterocycles. The molecule has 1 atom stereocenters. The quantitative estimate of drug-likeness (QED) is 0.882. The Morgan fingerprint density at radius 1 is 1.22 bits per heavy atom. The average Bonchev–Trinajstić information content (AvgIpc) is 3.16. The molecule has 27 heavy (non-hydrogen) atoms. The molecule has 2 heterocycles. The Balaban J connectivity index is 1.52. The summed E-state index contributed by atoms with van der Waals surface area (Å²) >= 11 is 0. The lowest BCUT2D eigenvalue weighted by molar-refractivity contribution is -0.130. The van der Waals surface area contributed by atoms with E-state index in [0.29, 0.717) is 0 Å². The van der Waals surface area contributed by atoms with E-state index in [0.717, 1.165) is 43.9 Å². The van der Waals surface area contributed by atoms with E-state index in [9.17, 15) is 18.4 Å². The van der Waals surface area contributed by atoms with Gasteiger partial charge in [-0.25, -0.2) is 23.6 Å². The van der Waals surface area contributed by atoms with Crippen molar-refractivity contribution in [3.05, 3.63) is 35.4 Å². The van der Waals surface area contributed by atoms with Crippen molar-refractivity contribution < 1.29 is 18.4 Å². The first kappa shape index (κ1) is 17.4. The highest BCUT2D eigenvalue weighted by molar-refractivity contribution is 6.29. The van der Waals surface area contributed by atoms with E-state index in [-0.39, 0.29) is 35.9 Å². The summed E-state index contributed by atoms with van der Waals surface area (Å²) in [6.07, 6.45) is 4.99. The number of nitrogens with zero attached hydrogens (tertiary/aromatic N) is 4. The van der Waals surface area contributed by atoms with E-state index < -0.39 is 23.6 Å². The summed E-state index contributed by atoms with van der Waals surface area (Å²) < 4.78 is 26.9. The molecular weight excluding hydrogens is 356 g/mol. The van der Waals surface area contributed by atoms with E-state index in [4.69, 9.17) is 0 Å². The topological polar surface area (TPSA) is 86.5 Å². The molecule has 140 valence electrons. The Labute approximate surface area is 153 Å². The summed E-state index contributed by atoms with van der Waals surface area (Å²) in [5, 5.41) is 2.63.